The Bertz CT molecular complexity index is 943. The first-order chi connectivity index (χ1) is 10.3. The molecule has 0 atom stereocenters. The van der Waals surface area contributed by atoms with Gasteiger partial charge in [0.25, 0.3) is 0 Å². The molecule has 0 spiro atoms. The highest BCUT2D eigenvalue weighted by Crippen LogP contribution is 2.26. The maximum absolute atomic E-state index is 4.41. The van der Waals surface area contributed by atoms with Gasteiger partial charge in [-0.1, -0.05) is 0 Å². The quantitative estimate of drug-likeness (QED) is 0.588. The molecule has 3 aromatic heterocycles. The maximum Gasteiger partial charge on any atom is 0.141 e. The van der Waals surface area contributed by atoms with E-state index in [-0.39, 0.29) is 0 Å². The molecule has 4 aromatic rings. The number of hydrogen-bond donors (Lipinski definition) is 2. The first kappa shape index (κ1) is 11.8. The minimum Gasteiger partial charge on any atom is -0.340 e. The third kappa shape index (κ3) is 1.97. The van der Waals surface area contributed by atoms with E-state index in [1.54, 1.807) is 18.6 Å². The van der Waals surface area contributed by atoms with Gasteiger partial charge in [0.2, 0.25) is 0 Å². The summed E-state index contributed by atoms with van der Waals surface area (Å²) in [4.78, 5) is 13.0. The molecule has 0 aliphatic heterocycles. The average Bonchev–Trinajstić information content (AvgIpc) is 2.90. The van der Waals surface area contributed by atoms with Gasteiger partial charge >= 0.3 is 0 Å². The molecular weight excluding hydrogens is 264 g/mol. The molecule has 2 N–H and O–H groups in total. The number of aromatic amines is 1. The Morgan fingerprint density at radius 1 is 0.905 bits per heavy atom. The van der Waals surface area contributed by atoms with Crippen LogP contribution >= 0.6 is 0 Å². The topological polar surface area (TPSA) is 79.4 Å². The van der Waals surface area contributed by atoms with Crippen LogP contribution in [0, 0.1) is 6.92 Å². The number of rotatable bonds is 2. The Morgan fingerprint density at radius 3 is 2.67 bits per heavy atom. The summed E-state index contributed by atoms with van der Waals surface area (Å²) in [6, 6.07) is 7.74. The summed E-state index contributed by atoms with van der Waals surface area (Å²) >= 11 is 0. The van der Waals surface area contributed by atoms with Crippen molar-refractivity contribution in [1.82, 2.24) is 25.1 Å². The summed E-state index contributed by atoms with van der Waals surface area (Å²) in [7, 11) is 0. The van der Waals surface area contributed by atoms with Crippen molar-refractivity contribution >= 4 is 33.4 Å². The zero-order chi connectivity index (χ0) is 14.2. The summed E-state index contributed by atoms with van der Waals surface area (Å²) in [6.07, 6.45) is 5.11. The highest BCUT2D eigenvalue weighted by molar-refractivity contribution is 5.93. The van der Waals surface area contributed by atoms with Crippen LogP contribution in [0.1, 0.15) is 5.69 Å². The Labute approximate surface area is 120 Å². The second kappa shape index (κ2) is 4.52. The summed E-state index contributed by atoms with van der Waals surface area (Å²) in [5, 5.41) is 11.5. The second-order valence-electron chi connectivity index (χ2n) is 4.79. The minimum atomic E-state index is 0.780. The van der Waals surface area contributed by atoms with Crippen molar-refractivity contribution in [1.29, 1.82) is 0 Å². The normalized spacial score (nSPS) is 11.1. The van der Waals surface area contributed by atoms with E-state index in [1.807, 2.05) is 31.2 Å². The van der Waals surface area contributed by atoms with Crippen LogP contribution in [0.4, 0.5) is 11.5 Å². The van der Waals surface area contributed by atoms with E-state index >= 15 is 0 Å². The van der Waals surface area contributed by atoms with Gasteiger partial charge in [-0.2, -0.15) is 5.10 Å². The van der Waals surface area contributed by atoms with Gasteiger partial charge in [0.05, 0.1) is 21.9 Å². The van der Waals surface area contributed by atoms with E-state index in [2.05, 4.69) is 30.5 Å². The molecule has 21 heavy (non-hydrogen) atoms. The standard InChI is InChI=1S/C15H12N6/c1-9-14-12(21-20-9)4-5-18-15(14)19-10-2-3-11-13(8-10)17-7-6-16-11/h2-8H,1H3,(H,18,19)(H,20,21). The maximum atomic E-state index is 4.41. The number of anilines is 2. The van der Waals surface area contributed by atoms with Gasteiger partial charge in [-0.25, -0.2) is 4.98 Å². The molecule has 0 aliphatic carbocycles. The fourth-order valence-electron chi connectivity index (χ4n) is 2.39. The SMILES string of the molecule is Cc1[nH]nc2ccnc(Nc3ccc4nccnc4c3)c12. The van der Waals surface area contributed by atoms with Crippen LogP contribution in [0.25, 0.3) is 21.9 Å². The molecule has 102 valence electrons. The molecule has 3 heterocycles. The van der Waals surface area contributed by atoms with Gasteiger partial charge in [-0.05, 0) is 31.2 Å². The number of aromatic nitrogens is 5. The van der Waals surface area contributed by atoms with Crippen molar-refractivity contribution in [3.05, 3.63) is 48.5 Å². The smallest absolute Gasteiger partial charge is 0.141 e. The van der Waals surface area contributed by atoms with E-state index in [0.717, 1.165) is 39.1 Å². The highest BCUT2D eigenvalue weighted by Gasteiger charge is 2.09. The van der Waals surface area contributed by atoms with Gasteiger partial charge < -0.3 is 5.32 Å². The first-order valence-electron chi connectivity index (χ1n) is 6.59. The largest absolute Gasteiger partial charge is 0.340 e. The van der Waals surface area contributed by atoms with Crippen LogP contribution < -0.4 is 5.32 Å². The van der Waals surface area contributed by atoms with Gasteiger partial charge in [0.1, 0.15) is 5.82 Å². The van der Waals surface area contributed by atoms with Crippen molar-refractivity contribution < 1.29 is 0 Å². The Hall–Kier alpha value is -3.02. The average molecular weight is 276 g/mol. The lowest BCUT2D eigenvalue weighted by Crippen LogP contribution is -1.95. The number of nitrogens with one attached hydrogen (secondary N) is 2. The lowest BCUT2D eigenvalue weighted by molar-refractivity contribution is 1.07. The zero-order valence-corrected chi connectivity index (χ0v) is 11.3. The van der Waals surface area contributed by atoms with E-state index < -0.39 is 0 Å². The highest BCUT2D eigenvalue weighted by atomic mass is 15.1. The molecule has 0 amide bonds. The monoisotopic (exact) mass is 276 g/mol. The van der Waals surface area contributed by atoms with E-state index in [4.69, 9.17) is 0 Å². The third-order valence-electron chi connectivity index (χ3n) is 3.38. The molecule has 0 bridgehead atoms. The number of aryl methyl sites for hydroxylation is 1. The predicted octanol–water partition coefficient (Wildman–Crippen LogP) is 2.95. The Morgan fingerprint density at radius 2 is 1.76 bits per heavy atom. The molecule has 0 saturated heterocycles. The van der Waals surface area contributed by atoms with Crippen LogP contribution in [0.15, 0.2) is 42.9 Å². The van der Waals surface area contributed by atoms with Crippen LogP contribution in [0.5, 0.6) is 0 Å². The van der Waals surface area contributed by atoms with Crippen molar-refractivity contribution in [2.75, 3.05) is 5.32 Å². The van der Waals surface area contributed by atoms with Crippen LogP contribution in [-0.4, -0.2) is 25.1 Å². The lowest BCUT2D eigenvalue weighted by atomic mass is 10.2. The summed E-state index contributed by atoms with van der Waals surface area (Å²) < 4.78 is 0. The number of fused-ring (bicyclic) bond motifs is 2. The number of H-pyrrole nitrogens is 1. The number of nitrogens with zero attached hydrogens (tertiary/aromatic N) is 4. The molecule has 0 radical (unpaired) electrons. The fraction of sp³-hybridized carbons (Fsp3) is 0.0667. The van der Waals surface area contributed by atoms with Gasteiger partial charge in [-0.3, -0.25) is 15.1 Å². The van der Waals surface area contributed by atoms with Crippen LogP contribution in [0.2, 0.25) is 0 Å². The van der Waals surface area contributed by atoms with E-state index in [9.17, 15) is 0 Å². The minimum absolute atomic E-state index is 0.780. The molecule has 0 fully saturated rings. The number of pyridine rings is 1. The van der Waals surface area contributed by atoms with Crippen molar-refractivity contribution in [2.24, 2.45) is 0 Å². The molecular formula is C15H12N6. The molecule has 0 unspecified atom stereocenters. The predicted molar refractivity (Wildman–Crippen MR) is 81.4 cm³/mol. The van der Waals surface area contributed by atoms with Gasteiger partial charge in [0, 0.05) is 30.0 Å². The summed E-state index contributed by atoms with van der Waals surface area (Å²) in [5.41, 5.74) is 4.52. The summed E-state index contributed by atoms with van der Waals surface area (Å²) in [5.74, 6) is 0.780. The lowest BCUT2D eigenvalue weighted by Gasteiger charge is -2.07. The molecule has 4 rings (SSSR count). The Balaban J connectivity index is 1.81. The van der Waals surface area contributed by atoms with Gasteiger partial charge in [0.15, 0.2) is 0 Å². The Kier molecular flexibility index (Phi) is 2.53. The zero-order valence-electron chi connectivity index (χ0n) is 11.3. The van der Waals surface area contributed by atoms with Gasteiger partial charge in [-0.15, -0.1) is 0 Å². The fourth-order valence-corrected chi connectivity index (χ4v) is 2.39. The molecule has 0 saturated carbocycles. The third-order valence-corrected chi connectivity index (χ3v) is 3.38. The molecule has 6 heteroatoms. The number of benzene rings is 1. The van der Waals surface area contributed by atoms with Crippen LogP contribution in [-0.2, 0) is 0 Å². The first-order valence-corrected chi connectivity index (χ1v) is 6.59. The van der Waals surface area contributed by atoms with Crippen LogP contribution in [0.3, 0.4) is 0 Å². The van der Waals surface area contributed by atoms with E-state index in [1.165, 1.54) is 0 Å². The molecule has 0 aliphatic rings. The molecule has 6 nitrogen and oxygen atoms in total. The van der Waals surface area contributed by atoms with E-state index in [0.29, 0.717) is 0 Å². The van der Waals surface area contributed by atoms with Crippen molar-refractivity contribution in [3.8, 4) is 0 Å². The van der Waals surface area contributed by atoms with Crippen molar-refractivity contribution in [2.45, 2.75) is 6.92 Å². The number of hydrogen-bond acceptors (Lipinski definition) is 5. The van der Waals surface area contributed by atoms with Crippen molar-refractivity contribution in [3.63, 3.8) is 0 Å². The second-order valence-corrected chi connectivity index (χ2v) is 4.79. The summed E-state index contributed by atoms with van der Waals surface area (Å²) in [6.45, 7) is 1.98. The molecule has 1 aromatic carbocycles.